The number of esters is 1. The molecule has 0 saturated heterocycles. The summed E-state index contributed by atoms with van der Waals surface area (Å²) in [6.45, 7) is 1.66. The molecule has 0 amide bonds. The SMILES string of the molecule is COC(=O)COc1ccc2nc3[nH]c(=O)c4[nH]cnc4c(=O)[nH]c4ccc(C)cc4n3c2c1. The van der Waals surface area contributed by atoms with E-state index in [0.717, 1.165) is 5.56 Å². The molecule has 0 saturated carbocycles. The second-order valence-corrected chi connectivity index (χ2v) is 7.34. The van der Waals surface area contributed by atoms with E-state index in [4.69, 9.17) is 4.74 Å². The molecule has 0 fully saturated rings. The van der Waals surface area contributed by atoms with Crippen LogP contribution in [0.3, 0.4) is 0 Å². The summed E-state index contributed by atoms with van der Waals surface area (Å²) in [5.74, 6) is 0.134. The standard InChI is InChI=1S/C22H18N6O5/c1-11-3-5-13-15(7-11)28-16-8-12(33-9-17(29)32-2)4-6-14(16)26-22(28)27-21(31)19-18(20(30)25-13)23-10-24-19/h3-8,10H,9H2,1-2H3,(H,23,24)(H,25,30)(H,26,27,31). The van der Waals surface area contributed by atoms with Crippen LogP contribution in [0.2, 0.25) is 0 Å². The number of rotatable bonds is 3. The molecule has 166 valence electrons. The van der Waals surface area contributed by atoms with Crippen molar-refractivity contribution in [2.45, 2.75) is 6.92 Å². The summed E-state index contributed by atoms with van der Waals surface area (Å²) < 4.78 is 11.9. The Labute approximate surface area is 184 Å². The molecule has 0 bridgehead atoms. The number of carbonyl (C=O) groups excluding carboxylic acids is 1. The Hall–Kier alpha value is -4.67. The molecule has 3 aromatic heterocycles. The molecule has 0 atom stereocenters. The van der Waals surface area contributed by atoms with Gasteiger partial charge in [0.25, 0.3) is 11.1 Å². The fraction of sp³-hybridized carbons (Fsp3) is 0.136. The number of aromatic nitrogens is 6. The van der Waals surface area contributed by atoms with Crippen molar-refractivity contribution in [2.24, 2.45) is 0 Å². The van der Waals surface area contributed by atoms with Crippen LogP contribution in [0.5, 0.6) is 5.75 Å². The predicted octanol–water partition coefficient (Wildman–Crippen LogP) is 1.88. The molecule has 11 nitrogen and oxygen atoms in total. The van der Waals surface area contributed by atoms with E-state index in [9.17, 15) is 14.4 Å². The summed E-state index contributed by atoms with van der Waals surface area (Å²) in [6.07, 6.45) is 1.28. The van der Waals surface area contributed by atoms with E-state index < -0.39 is 17.1 Å². The average molecular weight is 446 g/mol. The average Bonchev–Trinajstić information content (AvgIpc) is 3.42. The van der Waals surface area contributed by atoms with Gasteiger partial charge in [0.2, 0.25) is 5.78 Å². The molecule has 11 heteroatoms. The number of ether oxygens (including phenoxy) is 2. The third kappa shape index (κ3) is 3.55. The number of fused-ring (bicyclic) bond motifs is 6. The fourth-order valence-electron chi connectivity index (χ4n) is 3.59. The molecule has 3 heterocycles. The number of benzene rings is 2. The van der Waals surface area contributed by atoms with Gasteiger partial charge < -0.3 is 19.4 Å². The van der Waals surface area contributed by atoms with Crippen molar-refractivity contribution in [3.63, 3.8) is 0 Å². The number of imidazole rings is 2. The van der Waals surface area contributed by atoms with Crippen molar-refractivity contribution in [3.8, 4) is 5.75 Å². The molecule has 0 unspecified atom stereocenters. The van der Waals surface area contributed by atoms with Crippen LogP contribution in [0.4, 0.5) is 0 Å². The largest absolute Gasteiger partial charge is 0.482 e. The van der Waals surface area contributed by atoms with Gasteiger partial charge in [0.1, 0.15) is 11.3 Å². The van der Waals surface area contributed by atoms with E-state index in [1.807, 2.05) is 19.1 Å². The number of nitrogens with zero attached hydrogens (tertiary/aromatic N) is 3. The van der Waals surface area contributed by atoms with Gasteiger partial charge in [-0.3, -0.25) is 19.0 Å². The molecule has 5 aromatic rings. The lowest BCUT2D eigenvalue weighted by molar-refractivity contribution is -0.142. The minimum absolute atomic E-state index is 0.0174. The van der Waals surface area contributed by atoms with E-state index in [-0.39, 0.29) is 23.4 Å². The minimum Gasteiger partial charge on any atom is -0.482 e. The van der Waals surface area contributed by atoms with Crippen LogP contribution < -0.4 is 15.9 Å². The maximum atomic E-state index is 12.9. The number of nitrogens with one attached hydrogen (secondary N) is 3. The predicted molar refractivity (Wildman–Crippen MR) is 121 cm³/mol. The van der Waals surface area contributed by atoms with Crippen molar-refractivity contribution in [2.75, 3.05) is 13.7 Å². The van der Waals surface area contributed by atoms with Gasteiger partial charge in [0.05, 0.1) is 35.5 Å². The van der Waals surface area contributed by atoms with Crippen LogP contribution in [0.1, 0.15) is 5.56 Å². The number of aromatic amines is 3. The van der Waals surface area contributed by atoms with Crippen molar-refractivity contribution in [1.29, 1.82) is 0 Å². The summed E-state index contributed by atoms with van der Waals surface area (Å²) in [6, 6.07) is 10.6. The lowest BCUT2D eigenvalue weighted by Gasteiger charge is -2.05. The summed E-state index contributed by atoms with van der Waals surface area (Å²) in [5.41, 5.74) is 2.08. The van der Waals surface area contributed by atoms with Crippen LogP contribution in [-0.4, -0.2) is 49.0 Å². The van der Waals surface area contributed by atoms with Crippen molar-refractivity contribution in [1.82, 2.24) is 29.3 Å². The zero-order chi connectivity index (χ0) is 23.1. The van der Waals surface area contributed by atoms with Crippen LogP contribution in [0, 0.1) is 6.92 Å². The Morgan fingerprint density at radius 1 is 1.06 bits per heavy atom. The van der Waals surface area contributed by atoms with Crippen molar-refractivity contribution < 1.29 is 14.3 Å². The molecule has 0 spiro atoms. The van der Waals surface area contributed by atoms with E-state index in [1.54, 1.807) is 28.7 Å². The van der Waals surface area contributed by atoms with Crippen molar-refractivity contribution in [3.05, 3.63) is 69.0 Å². The highest BCUT2D eigenvalue weighted by atomic mass is 16.6. The van der Waals surface area contributed by atoms with E-state index >= 15 is 0 Å². The molecule has 2 aromatic carbocycles. The quantitative estimate of drug-likeness (QED) is 0.359. The molecule has 0 aliphatic rings. The van der Waals surface area contributed by atoms with Gasteiger partial charge in [0, 0.05) is 6.07 Å². The zero-order valence-electron chi connectivity index (χ0n) is 17.6. The van der Waals surface area contributed by atoms with Gasteiger partial charge >= 0.3 is 5.97 Å². The third-order valence-corrected chi connectivity index (χ3v) is 5.16. The summed E-state index contributed by atoms with van der Waals surface area (Å²) in [7, 11) is 1.28. The van der Waals surface area contributed by atoms with Gasteiger partial charge in [0.15, 0.2) is 12.1 Å². The third-order valence-electron chi connectivity index (χ3n) is 5.16. The number of hydrogen-bond acceptors (Lipinski definition) is 7. The Balaban J connectivity index is 1.95. The van der Waals surface area contributed by atoms with Crippen molar-refractivity contribution >= 4 is 44.8 Å². The van der Waals surface area contributed by atoms with Crippen LogP contribution in [-0.2, 0) is 9.53 Å². The van der Waals surface area contributed by atoms with E-state index in [0.29, 0.717) is 27.8 Å². The number of carbonyl (C=O) groups is 1. The first-order valence-electron chi connectivity index (χ1n) is 9.94. The lowest BCUT2D eigenvalue weighted by atomic mass is 10.2. The normalized spacial score (nSPS) is 11.2. The fourth-order valence-corrected chi connectivity index (χ4v) is 3.59. The number of aryl methyl sites for hydroxylation is 1. The van der Waals surface area contributed by atoms with Gasteiger partial charge in [-0.15, -0.1) is 0 Å². The van der Waals surface area contributed by atoms with Gasteiger partial charge in [-0.1, -0.05) is 6.07 Å². The molecule has 3 N–H and O–H groups in total. The monoisotopic (exact) mass is 446 g/mol. The topological polar surface area (TPSA) is 147 Å². The van der Waals surface area contributed by atoms with E-state index in [2.05, 4.69) is 29.7 Å². The summed E-state index contributed by atoms with van der Waals surface area (Å²) in [5, 5.41) is 0. The molecular formula is C22H18N6O5. The molecule has 0 radical (unpaired) electrons. The maximum Gasteiger partial charge on any atom is 0.343 e. The summed E-state index contributed by atoms with van der Waals surface area (Å²) in [4.78, 5) is 54.1. The van der Waals surface area contributed by atoms with Crippen LogP contribution >= 0.6 is 0 Å². The Bertz CT molecular complexity index is 1740. The Morgan fingerprint density at radius 2 is 1.91 bits per heavy atom. The highest BCUT2D eigenvalue weighted by Crippen LogP contribution is 2.24. The Kier molecular flexibility index (Phi) is 4.78. The maximum absolute atomic E-state index is 12.9. The highest BCUT2D eigenvalue weighted by molar-refractivity contribution is 5.88. The van der Waals surface area contributed by atoms with Gasteiger partial charge in [-0.05, 0) is 36.8 Å². The van der Waals surface area contributed by atoms with Crippen LogP contribution in [0.25, 0.3) is 38.9 Å². The van der Waals surface area contributed by atoms with Gasteiger partial charge in [-0.25, -0.2) is 14.8 Å². The molecular weight excluding hydrogens is 428 g/mol. The highest BCUT2D eigenvalue weighted by Gasteiger charge is 2.11. The first kappa shape index (κ1) is 20.2. The molecule has 0 aliphatic carbocycles. The van der Waals surface area contributed by atoms with Gasteiger partial charge in [-0.2, -0.15) is 0 Å². The van der Waals surface area contributed by atoms with Crippen LogP contribution in [0.15, 0.2) is 52.3 Å². The second-order valence-electron chi connectivity index (χ2n) is 7.34. The smallest absolute Gasteiger partial charge is 0.343 e. The molecule has 33 heavy (non-hydrogen) atoms. The number of methoxy groups -OCH3 is 1. The number of hydrogen-bond donors (Lipinski definition) is 3. The second kappa shape index (κ2) is 7.79. The first-order valence-corrected chi connectivity index (χ1v) is 9.94. The zero-order valence-corrected chi connectivity index (χ0v) is 17.6. The first-order chi connectivity index (χ1) is 15.9. The molecule has 5 rings (SSSR count). The summed E-state index contributed by atoms with van der Waals surface area (Å²) >= 11 is 0. The Morgan fingerprint density at radius 3 is 2.73 bits per heavy atom. The lowest BCUT2D eigenvalue weighted by Crippen LogP contribution is -2.12. The minimum atomic E-state index is -0.563. The van der Waals surface area contributed by atoms with E-state index in [1.165, 1.54) is 13.4 Å². The number of H-pyrrole nitrogens is 3. The molecule has 0 aliphatic heterocycles.